The van der Waals surface area contributed by atoms with Crippen LogP contribution in [0.5, 0.6) is 0 Å². The standard InChI is InChI=1S/C20H26FN5OS.HI/c1-24(2)19(27)15-23-20(22-14-18-4-3-13-28-18)26-11-9-25(10-12-26)17-7-5-16(21)6-8-17;/h3-8,13H,9-12,14-15H2,1-2H3,(H,22,23);1H. The van der Waals surface area contributed by atoms with Gasteiger partial charge in [-0.3, -0.25) is 4.79 Å². The van der Waals surface area contributed by atoms with Gasteiger partial charge >= 0.3 is 0 Å². The second-order valence-corrected chi connectivity index (χ2v) is 7.84. The van der Waals surface area contributed by atoms with Crippen LogP contribution in [0.3, 0.4) is 0 Å². The zero-order valence-corrected chi connectivity index (χ0v) is 19.8. The smallest absolute Gasteiger partial charge is 0.243 e. The number of guanidine groups is 1. The molecule has 1 saturated heterocycles. The van der Waals surface area contributed by atoms with E-state index in [4.69, 9.17) is 0 Å². The molecule has 0 bridgehead atoms. The van der Waals surface area contributed by atoms with Gasteiger partial charge in [0, 0.05) is 50.8 Å². The molecule has 3 rings (SSSR count). The molecule has 0 aliphatic carbocycles. The largest absolute Gasteiger partial charge is 0.368 e. The number of aliphatic imine (C=N–C) groups is 1. The minimum Gasteiger partial charge on any atom is -0.368 e. The Kier molecular flexibility index (Phi) is 9.15. The van der Waals surface area contributed by atoms with E-state index in [1.807, 2.05) is 23.6 Å². The average molecular weight is 531 g/mol. The summed E-state index contributed by atoms with van der Waals surface area (Å²) in [6.45, 7) is 4.00. The van der Waals surface area contributed by atoms with Crippen LogP contribution in [0.15, 0.2) is 46.8 Å². The Morgan fingerprint density at radius 3 is 2.45 bits per heavy atom. The molecule has 2 aromatic rings. The Morgan fingerprint density at radius 1 is 1.17 bits per heavy atom. The number of carbonyl (C=O) groups is 1. The third-order valence-corrected chi connectivity index (χ3v) is 5.51. The average Bonchev–Trinajstić information content (AvgIpc) is 3.22. The SMILES string of the molecule is CN(C)C(=O)CN=C(NCc1cccs1)N1CCN(c2ccc(F)cc2)CC1.I. The molecule has 1 aliphatic rings. The van der Waals surface area contributed by atoms with E-state index >= 15 is 0 Å². The molecule has 1 amide bonds. The summed E-state index contributed by atoms with van der Waals surface area (Å²) >= 11 is 1.69. The summed E-state index contributed by atoms with van der Waals surface area (Å²) in [7, 11) is 3.47. The van der Waals surface area contributed by atoms with Crippen LogP contribution in [0.2, 0.25) is 0 Å². The summed E-state index contributed by atoms with van der Waals surface area (Å²) in [6.07, 6.45) is 0. The number of piperazine rings is 1. The van der Waals surface area contributed by atoms with Crippen molar-refractivity contribution in [3.8, 4) is 0 Å². The van der Waals surface area contributed by atoms with Gasteiger partial charge in [-0.25, -0.2) is 9.38 Å². The fourth-order valence-electron chi connectivity index (χ4n) is 2.96. The van der Waals surface area contributed by atoms with Crippen molar-refractivity contribution in [2.75, 3.05) is 51.7 Å². The Bertz CT molecular complexity index is 790. The molecule has 0 atom stereocenters. The highest BCUT2D eigenvalue weighted by molar-refractivity contribution is 14.0. The maximum Gasteiger partial charge on any atom is 0.243 e. The van der Waals surface area contributed by atoms with Crippen LogP contribution in [0.4, 0.5) is 10.1 Å². The quantitative estimate of drug-likeness (QED) is 0.367. The summed E-state index contributed by atoms with van der Waals surface area (Å²) in [4.78, 5) is 23.7. The van der Waals surface area contributed by atoms with E-state index in [1.165, 1.54) is 17.0 Å². The fourth-order valence-corrected chi connectivity index (χ4v) is 3.60. The Hall–Kier alpha value is -1.88. The van der Waals surface area contributed by atoms with E-state index in [0.717, 1.165) is 37.8 Å². The molecule has 6 nitrogen and oxygen atoms in total. The number of hydrogen-bond acceptors (Lipinski definition) is 4. The molecular formula is C20H27FIN5OS. The lowest BCUT2D eigenvalue weighted by atomic mass is 10.2. The van der Waals surface area contributed by atoms with Gasteiger partial charge < -0.3 is 20.0 Å². The van der Waals surface area contributed by atoms with Crippen molar-refractivity contribution in [3.05, 3.63) is 52.5 Å². The lowest BCUT2D eigenvalue weighted by molar-refractivity contribution is -0.127. The van der Waals surface area contributed by atoms with Crippen LogP contribution < -0.4 is 10.2 Å². The molecule has 158 valence electrons. The highest BCUT2D eigenvalue weighted by atomic mass is 127. The highest BCUT2D eigenvalue weighted by Gasteiger charge is 2.20. The Balaban J connectivity index is 0.00000300. The van der Waals surface area contributed by atoms with Gasteiger partial charge in [0.05, 0.1) is 6.54 Å². The first-order chi connectivity index (χ1) is 13.5. The molecule has 9 heteroatoms. The molecule has 2 heterocycles. The van der Waals surface area contributed by atoms with Crippen molar-refractivity contribution >= 4 is 52.9 Å². The van der Waals surface area contributed by atoms with Crippen LogP contribution in [-0.4, -0.2) is 68.5 Å². The van der Waals surface area contributed by atoms with E-state index in [1.54, 1.807) is 30.3 Å². The summed E-state index contributed by atoms with van der Waals surface area (Å²) < 4.78 is 13.1. The van der Waals surface area contributed by atoms with Crippen molar-refractivity contribution in [1.82, 2.24) is 15.1 Å². The summed E-state index contributed by atoms with van der Waals surface area (Å²) in [5, 5.41) is 5.44. The molecule has 1 aromatic carbocycles. The number of halogens is 2. The van der Waals surface area contributed by atoms with E-state index in [9.17, 15) is 9.18 Å². The molecule has 1 aliphatic heterocycles. The summed E-state index contributed by atoms with van der Waals surface area (Å²) in [5.41, 5.74) is 1.02. The van der Waals surface area contributed by atoms with Crippen molar-refractivity contribution < 1.29 is 9.18 Å². The third kappa shape index (κ3) is 6.84. The molecule has 0 spiro atoms. The van der Waals surface area contributed by atoms with Crippen molar-refractivity contribution in [2.45, 2.75) is 6.54 Å². The van der Waals surface area contributed by atoms with Crippen LogP contribution in [-0.2, 0) is 11.3 Å². The van der Waals surface area contributed by atoms with E-state index in [-0.39, 0.29) is 42.2 Å². The molecule has 0 radical (unpaired) electrons. The van der Waals surface area contributed by atoms with Gasteiger partial charge in [-0.05, 0) is 35.7 Å². The first-order valence-electron chi connectivity index (χ1n) is 9.29. The topological polar surface area (TPSA) is 51.2 Å². The second-order valence-electron chi connectivity index (χ2n) is 6.81. The number of nitrogens with one attached hydrogen (secondary N) is 1. The number of rotatable bonds is 5. The number of amides is 1. The first-order valence-corrected chi connectivity index (χ1v) is 10.2. The number of hydrogen-bond donors (Lipinski definition) is 1. The van der Waals surface area contributed by atoms with Gasteiger partial charge in [-0.2, -0.15) is 0 Å². The van der Waals surface area contributed by atoms with Gasteiger partial charge in [-0.1, -0.05) is 6.07 Å². The Morgan fingerprint density at radius 2 is 1.86 bits per heavy atom. The van der Waals surface area contributed by atoms with E-state index in [0.29, 0.717) is 6.54 Å². The maximum atomic E-state index is 13.1. The van der Waals surface area contributed by atoms with Crippen molar-refractivity contribution in [3.63, 3.8) is 0 Å². The number of thiophene rings is 1. The Labute approximate surface area is 192 Å². The molecule has 1 aromatic heterocycles. The number of nitrogens with zero attached hydrogens (tertiary/aromatic N) is 4. The van der Waals surface area contributed by atoms with Gasteiger partial charge in [0.2, 0.25) is 5.91 Å². The number of anilines is 1. The van der Waals surface area contributed by atoms with Crippen LogP contribution in [0.25, 0.3) is 0 Å². The molecule has 29 heavy (non-hydrogen) atoms. The molecule has 0 unspecified atom stereocenters. The van der Waals surface area contributed by atoms with Gasteiger partial charge in [-0.15, -0.1) is 35.3 Å². The zero-order chi connectivity index (χ0) is 19.9. The first kappa shape index (κ1) is 23.4. The fraction of sp³-hybridized carbons (Fsp3) is 0.400. The molecule has 1 N–H and O–H groups in total. The lowest BCUT2D eigenvalue weighted by Gasteiger charge is -2.37. The highest BCUT2D eigenvalue weighted by Crippen LogP contribution is 2.17. The lowest BCUT2D eigenvalue weighted by Crippen LogP contribution is -2.52. The van der Waals surface area contributed by atoms with Gasteiger partial charge in [0.25, 0.3) is 0 Å². The summed E-state index contributed by atoms with van der Waals surface area (Å²) in [5.74, 6) is 0.503. The predicted octanol–water partition coefficient (Wildman–Crippen LogP) is 2.86. The van der Waals surface area contributed by atoms with Gasteiger partial charge in [0.1, 0.15) is 12.4 Å². The second kappa shape index (κ2) is 11.3. The number of benzene rings is 1. The molecule has 1 fully saturated rings. The monoisotopic (exact) mass is 531 g/mol. The van der Waals surface area contributed by atoms with E-state index < -0.39 is 0 Å². The number of likely N-dealkylation sites (N-methyl/N-ethyl adjacent to an activating group) is 1. The van der Waals surface area contributed by atoms with E-state index in [2.05, 4.69) is 26.2 Å². The van der Waals surface area contributed by atoms with Crippen LogP contribution in [0.1, 0.15) is 4.88 Å². The van der Waals surface area contributed by atoms with Crippen LogP contribution in [0, 0.1) is 5.82 Å². The third-order valence-electron chi connectivity index (χ3n) is 4.63. The maximum absolute atomic E-state index is 13.1. The molecular weight excluding hydrogens is 504 g/mol. The number of carbonyl (C=O) groups excluding carboxylic acids is 1. The molecule has 0 saturated carbocycles. The predicted molar refractivity (Wildman–Crippen MR) is 128 cm³/mol. The van der Waals surface area contributed by atoms with Crippen molar-refractivity contribution in [2.24, 2.45) is 4.99 Å². The van der Waals surface area contributed by atoms with Crippen molar-refractivity contribution in [1.29, 1.82) is 0 Å². The normalized spacial score (nSPS) is 14.4. The van der Waals surface area contributed by atoms with Gasteiger partial charge in [0.15, 0.2) is 5.96 Å². The zero-order valence-electron chi connectivity index (χ0n) is 16.7. The summed E-state index contributed by atoms with van der Waals surface area (Å²) in [6, 6.07) is 10.7. The minimum atomic E-state index is -0.222. The minimum absolute atomic E-state index is 0. The van der Waals surface area contributed by atoms with Crippen LogP contribution >= 0.6 is 35.3 Å².